The molecule has 0 heterocycles. The summed E-state index contributed by atoms with van der Waals surface area (Å²) in [7, 11) is 0. The van der Waals surface area contributed by atoms with E-state index < -0.39 is 38.8 Å². The van der Waals surface area contributed by atoms with Gasteiger partial charge in [-0.15, -0.1) is 0 Å². The van der Waals surface area contributed by atoms with Crippen LogP contribution in [0.25, 0.3) is 6.08 Å². The molecular weight excluding hydrogens is 394 g/mol. The number of nitro groups is 2. The summed E-state index contributed by atoms with van der Waals surface area (Å²) >= 11 is 0. The van der Waals surface area contributed by atoms with Gasteiger partial charge in [0.05, 0.1) is 9.85 Å². The van der Waals surface area contributed by atoms with Crippen molar-refractivity contribution in [2.75, 3.05) is 0 Å². The van der Waals surface area contributed by atoms with Crippen molar-refractivity contribution in [3.8, 4) is 0 Å². The number of benzene rings is 2. The predicted molar refractivity (Wildman–Crippen MR) is 102 cm³/mol. The summed E-state index contributed by atoms with van der Waals surface area (Å²) in [6.07, 6.45) is 2.39. The molecule has 2 aromatic rings. The van der Waals surface area contributed by atoms with Gasteiger partial charge in [0.1, 0.15) is 6.29 Å². The first kappa shape index (κ1) is 27.2. The fourth-order valence-corrected chi connectivity index (χ4v) is 1.68. The van der Waals surface area contributed by atoms with Crippen molar-refractivity contribution in [1.82, 2.24) is 0 Å². The molecule has 0 radical (unpaired) electrons. The van der Waals surface area contributed by atoms with Crippen LogP contribution in [0.2, 0.25) is 0 Å². The molecule has 29 heavy (non-hydrogen) atoms. The van der Waals surface area contributed by atoms with Gasteiger partial charge in [-0.25, -0.2) is 4.79 Å². The third-order valence-corrected chi connectivity index (χ3v) is 2.89. The molecule has 2 aromatic carbocycles. The van der Waals surface area contributed by atoms with E-state index in [9.17, 15) is 38.6 Å². The Morgan fingerprint density at radius 1 is 0.897 bits per heavy atom. The van der Waals surface area contributed by atoms with Gasteiger partial charge < -0.3 is 5.11 Å². The third kappa shape index (κ3) is 8.47. The van der Waals surface area contributed by atoms with Gasteiger partial charge in [-0.3, -0.25) is 25.0 Å². The summed E-state index contributed by atoms with van der Waals surface area (Å²) in [5.41, 5.74) is -1.02. The van der Waals surface area contributed by atoms with Gasteiger partial charge >= 0.3 is 17.3 Å². The van der Waals surface area contributed by atoms with E-state index in [0.717, 1.165) is 36.4 Å². The first-order valence-corrected chi connectivity index (χ1v) is 6.89. The molecule has 156 valence electrons. The van der Waals surface area contributed by atoms with E-state index in [0.29, 0.717) is 6.29 Å². The van der Waals surface area contributed by atoms with Crippen molar-refractivity contribution in [3.05, 3.63) is 85.5 Å². The zero-order valence-electron chi connectivity index (χ0n) is 13.2. The largest absolute Gasteiger partial charge is 0.478 e. The lowest BCUT2D eigenvalue weighted by Crippen LogP contribution is -1.93. The number of carbonyl (C=O) groups is 2. The molecule has 0 aromatic heterocycles. The zero-order valence-corrected chi connectivity index (χ0v) is 13.2. The highest BCUT2D eigenvalue weighted by atomic mass is 19.1. The lowest BCUT2D eigenvalue weighted by Gasteiger charge is -1.95. The Balaban J connectivity index is 0. The Bertz CT molecular complexity index is 930. The van der Waals surface area contributed by atoms with Gasteiger partial charge in [0.25, 0.3) is 0 Å². The van der Waals surface area contributed by atoms with Crippen LogP contribution in [0.15, 0.2) is 42.5 Å². The lowest BCUT2D eigenvalue weighted by atomic mass is 10.2. The van der Waals surface area contributed by atoms with Crippen LogP contribution >= 0.6 is 0 Å². The summed E-state index contributed by atoms with van der Waals surface area (Å²) < 4.78 is 25.4. The molecule has 1 N–H and O–H groups in total. The van der Waals surface area contributed by atoms with Crippen LogP contribution in [0, 0.1) is 31.9 Å². The molecule has 0 amide bonds. The van der Waals surface area contributed by atoms with Crippen LogP contribution in [0.1, 0.15) is 30.8 Å². The molecule has 0 aliphatic carbocycles. The van der Waals surface area contributed by atoms with E-state index in [1.165, 1.54) is 12.1 Å². The van der Waals surface area contributed by atoms with E-state index in [1.54, 1.807) is 0 Å². The normalized spacial score (nSPS) is 9.31. The fourth-order valence-electron chi connectivity index (χ4n) is 1.68. The molecule has 0 aliphatic rings. The van der Waals surface area contributed by atoms with Crippen LogP contribution in [0.3, 0.4) is 0 Å². The molecule has 0 bridgehead atoms. The Hall–Kier alpha value is -4.02. The van der Waals surface area contributed by atoms with Crippen LogP contribution in [-0.2, 0) is 4.79 Å². The topological polar surface area (TPSA) is 141 Å². The highest BCUT2D eigenvalue weighted by Crippen LogP contribution is 2.19. The molecule has 11 heteroatoms. The van der Waals surface area contributed by atoms with E-state index in [-0.39, 0.29) is 26.0 Å². The van der Waals surface area contributed by atoms with Gasteiger partial charge in [0.2, 0.25) is 11.6 Å². The van der Waals surface area contributed by atoms with Crippen LogP contribution in [-0.4, -0.2) is 27.2 Å². The maximum atomic E-state index is 12.8. The minimum absolute atomic E-state index is 0. The number of carboxylic acids is 1. The van der Waals surface area contributed by atoms with Gasteiger partial charge in [-0.2, -0.15) is 8.78 Å². The van der Waals surface area contributed by atoms with Gasteiger partial charge in [-0.05, 0) is 29.8 Å². The second-order valence-electron chi connectivity index (χ2n) is 4.73. The minimum atomic E-state index is -1.18. The van der Waals surface area contributed by atoms with Crippen LogP contribution in [0.5, 0.6) is 0 Å². The fraction of sp³-hybridized carbons (Fsp3) is 0.111. The van der Waals surface area contributed by atoms with Crippen molar-refractivity contribution < 1.29 is 33.3 Å². The summed E-state index contributed by atoms with van der Waals surface area (Å²) in [4.78, 5) is 39.0. The number of hydrogen-bond acceptors (Lipinski definition) is 6. The standard InChI is InChI=1S/C9H6FNO4.C7H4FNO3.2CH4/c10-7-3-1-6(2-4-9(12)13)5-8(7)11(14)15;8-6-2-1-5(4-10)3-7(6)9(11)12;;/h1-5H,(H,12,13);1-4H;2*1H4/b4-2+;;;. The van der Waals surface area contributed by atoms with Gasteiger partial charge in [0.15, 0.2) is 0 Å². The predicted octanol–water partition coefficient (Wildman–Crippen LogP) is 4.65. The molecule has 0 spiro atoms. The Kier molecular flexibility index (Phi) is 11.6. The molecule has 2 rings (SSSR count). The quantitative estimate of drug-likeness (QED) is 0.326. The monoisotopic (exact) mass is 412 g/mol. The molecule has 0 atom stereocenters. The first-order valence-electron chi connectivity index (χ1n) is 6.89. The van der Waals surface area contributed by atoms with Gasteiger partial charge in [0, 0.05) is 23.8 Å². The summed E-state index contributed by atoms with van der Waals surface area (Å²) in [6, 6.07) is 6.09. The number of aliphatic carboxylic acids is 1. The molecule has 0 saturated carbocycles. The SMILES string of the molecule is C.C.O=C(O)/C=C/c1ccc(F)c([N+](=O)[O-])c1.O=Cc1ccc(F)c([N+](=O)[O-])c1. The van der Waals surface area contributed by atoms with Crippen molar-refractivity contribution in [3.63, 3.8) is 0 Å². The van der Waals surface area contributed by atoms with Crippen LogP contribution < -0.4 is 0 Å². The average Bonchev–Trinajstić information content (AvgIpc) is 2.61. The second kappa shape index (κ2) is 12.4. The van der Waals surface area contributed by atoms with Crippen LogP contribution in [0.4, 0.5) is 20.2 Å². The highest BCUT2D eigenvalue weighted by molar-refractivity contribution is 5.85. The van der Waals surface area contributed by atoms with Crippen molar-refractivity contribution in [2.45, 2.75) is 14.9 Å². The Morgan fingerprint density at radius 3 is 1.69 bits per heavy atom. The maximum Gasteiger partial charge on any atom is 0.328 e. The van der Waals surface area contributed by atoms with E-state index >= 15 is 0 Å². The summed E-state index contributed by atoms with van der Waals surface area (Å²) in [5.74, 6) is -3.07. The smallest absolute Gasteiger partial charge is 0.328 e. The zero-order chi connectivity index (χ0) is 20.6. The molecule has 0 unspecified atom stereocenters. The van der Waals surface area contributed by atoms with E-state index in [1.807, 2.05) is 0 Å². The minimum Gasteiger partial charge on any atom is -0.478 e. The Morgan fingerprint density at radius 2 is 1.31 bits per heavy atom. The Labute approximate surface area is 164 Å². The molecular formula is C18H18F2N2O7. The van der Waals surface area contributed by atoms with E-state index in [2.05, 4.69) is 0 Å². The second-order valence-corrected chi connectivity index (χ2v) is 4.73. The van der Waals surface area contributed by atoms with E-state index in [4.69, 9.17) is 5.11 Å². The molecule has 9 nitrogen and oxygen atoms in total. The molecule has 0 aliphatic heterocycles. The number of carboxylic acid groups (broad SMARTS) is 1. The van der Waals surface area contributed by atoms with Gasteiger partial charge in [-0.1, -0.05) is 20.9 Å². The summed E-state index contributed by atoms with van der Waals surface area (Å²) in [6.45, 7) is 0. The number of nitro benzene ring substituents is 2. The highest BCUT2D eigenvalue weighted by Gasteiger charge is 2.14. The maximum absolute atomic E-state index is 12.8. The summed E-state index contributed by atoms with van der Waals surface area (Å²) in [5, 5.41) is 28.8. The number of nitrogens with zero attached hydrogens (tertiary/aromatic N) is 2. The number of carbonyl (C=O) groups excluding carboxylic acids is 1. The van der Waals surface area contributed by atoms with Crippen molar-refractivity contribution in [1.29, 1.82) is 0 Å². The molecule has 0 fully saturated rings. The van der Waals surface area contributed by atoms with Crippen molar-refractivity contribution in [2.24, 2.45) is 0 Å². The number of halogens is 2. The number of aldehydes is 1. The average molecular weight is 412 g/mol. The van der Waals surface area contributed by atoms with Crippen molar-refractivity contribution >= 4 is 29.7 Å². The lowest BCUT2D eigenvalue weighted by molar-refractivity contribution is -0.387. The number of rotatable bonds is 5. The number of hydrogen-bond donors (Lipinski definition) is 1. The molecule has 0 saturated heterocycles. The third-order valence-electron chi connectivity index (χ3n) is 2.89. The first-order chi connectivity index (χ1) is 12.6.